The zero-order valence-corrected chi connectivity index (χ0v) is 33.1. The molecule has 3 aromatic rings. The number of benzene rings is 3. The van der Waals surface area contributed by atoms with Crippen LogP contribution in [0.5, 0.6) is 23.0 Å². The molecule has 10 nitrogen and oxygen atoms in total. The maximum absolute atomic E-state index is 14.7. The van der Waals surface area contributed by atoms with Gasteiger partial charge in [-0.3, -0.25) is 0 Å². The monoisotopic (exact) mass is 882 g/mol. The number of carbonyl (C=O) groups excluding carboxylic acids is 4. The van der Waals surface area contributed by atoms with E-state index in [1.165, 1.54) is 24.3 Å². The van der Waals surface area contributed by atoms with E-state index in [-0.39, 0.29) is 49.1 Å². The van der Waals surface area contributed by atoms with Crippen molar-refractivity contribution in [2.24, 2.45) is 0 Å². The number of alkyl halides is 6. The third-order valence-electron chi connectivity index (χ3n) is 8.30. The topological polar surface area (TPSA) is 124 Å². The molecule has 0 N–H and O–H groups in total. The first-order valence-corrected chi connectivity index (χ1v) is 19.0. The van der Waals surface area contributed by atoms with Crippen molar-refractivity contribution in [2.75, 3.05) is 26.4 Å². The molecule has 0 saturated carbocycles. The molecule has 0 saturated heterocycles. The average Bonchev–Trinajstić information content (AvgIpc) is 3.21. The van der Waals surface area contributed by atoms with Gasteiger partial charge in [0.15, 0.2) is 0 Å². The molecule has 0 unspecified atom stereocenters. The summed E-state index contributed by atoms with van der Waals surface area (Å²) in [6.07, 6.45) is -1.50. The smallest absolute Gasteiger partial charge is 0.420 e. The highest BCUT2D eigenvalue weighted by molar-refractivity contribution is 5.90. The number of hydrogen-bond donors (Lipinski definition) is 0. The van der Waals surface area contributed by atoms with Gasteiger partial charge in [0.25, 0.3) is 0 Å². The van der Waals surface area contributed by atoms with Gasteiger partial charge in [0, 0.05) is 47.6 Å². The van der Waals surface area contributed by atoms with Crippen molar-refractivity contribution in [2.45, 2.75) is 63.7 Å². The van der Waals surface area contributed by atoms with Gasteiger partial charge in [-0.05, 0) is 99.9 Å². The Morgan fingerprint density at radius 1 is 0.500 bits per heavy atom. The molecule has 0 bridgehead atoms. The van der Waals surface area contributed by atoms with Crippen molar-refractivity contribution in [3.63, 3.8) is 0 Å². The lowest BCUT2D eigenvalue weighted by Crippen LogP contribution is -2.21. The summed E-state index contributed by atoms with van der Waals surface area (Å²) in [5.41, 5.74) is -5.44. The molecule has 0 aliphatic rings. The molecular formula is C44H42F8O10. The van der Waals surface area contributed by atoms with E-state index in [2.05, 4.69) is 22.6 Å². The second kappa shape index (κ2) is 24.7. The van der Waals surface area contributed by atoms with Crippen molar-refractivity contribution < 1.29 is 82.7 Å². The molecule has 0 radical (unpaired) electrons. The Morgan fingerprint density at radius 2 is 0.855 bits per heavy atom. The second-order valence-corrected chi connectivity index (χ2v) is 13.0. The van der Waals surface area contributed by atoms with E-state index in [4.69, 9.17) is 18.9 Å². The van der Waals surface area contributed by atoms with Crippen molar-refractivity contribution in [1.82, 2.24) is 0 Å². The van der Waals surface area contributed by atoms with Crippen molar-refractivity contribution >= 4 is 36.0 Å². The van der Waals surface area contributed by atoms with Crippen LogP contribution in [0.4, 0.5) is 35.1 Å². The van der Waals surface area contributed by atoms with E-state index in [1.807, 2.05) is 0 Å². The summed E-state index contributed by atoms with van der Waals surface area (Å²) in [6, 6.07) is 7.69. The van der Waals surface area contributed by atoms with Gasteiger partial charge in [-0.15, -0.1) is 0 Å². The zero-order chi connectivity index (χ0) is 45.7. The first-order valence-electron chi connectivity index (χ1n) is 19.0. The van der Waals surface area contributed by atoms with Crippen molar-refractivity contribution in [1.29, 1.82) is 0 Å². The highest BCUT2D eigenvalue weighted by atomic mass is 19.4. The number of hydrogen-bond acceptors (Lipinski definition) is 10. The van der Waals surface area contributed by atoms with Crippen LogP contribution in [0.3, 0.4) is 0 Å². The summed E-state index contributed by atoms with van der Waals surface area (Å²) >= 11 is 0. The van der Waals surface area contributed by atoms with Gasteiger partial charge in [-0.1, -0.05) is 13.2 Å². The van der Waals surface area contributed by atoms with E-state index in [9.17, 15) is 54.3 Å². The van der Waals surface area contributed by atoms with Crippen LogP contribution in [0.25, 0.3) is 12.2 Å². The van der Waals surface area contributed by atoms with Crippen LogP contribution >= 0.6 is 0 Å². The lowest BCUT2D eigenvalue weighted by Gasteiger charge is -2.21. The standard InChI is InChI=1S/C44H42F8O10/c1-3-37(53)59-25-11-7-5-9-23-57-31-17-13-29(33(45)27-31)15-21-39(55)61-35-19-20-36(42(44(50,51)52)41(35)43(47,48)49)62-40(56)22-16-30-14-18-32(28-34(30)46)58-24-10-6-8-12-26-60-38(54)4-2/h3-4,13-22,27-28H,1-2,5-12,23-26H2/b21-15+,22-16+. The Morgan fingerprint density at radius 3 is 1.18 bits per heavy atom. The normalized spacial score (nSPS) is 11.6. The Hall–Kier alpha value is -6.46. The van der Waals surface area contributed by atoms with Crippen LogP contribution in [-0.4, -0.2) is 50.3 Å². The molecule has 0 fully saturated rings. The summed E-state index contributed by atoms with van der Waals surface area (Å²) in [4.78, 5) is 47.0. The molecule has 0 spiro atoms. The minimum Gasteiger partial charge on any atom is -0.493 e. The Kier molecular flexibility index (Phi) is 19.9. The zero-order valence-electron chi connectivity index (χ0n) is 33.1. The second-order valence-electron chi connectivity index (χ2n) is 13.0. The molecule has 0 aromatic heterocycles. The van der Waals surface area contributed by atoms with Gasteiger partial charge in [0.2, 0.25) is 0 Å². The molecule has 18 heteroatoms. The number of rotatable bonds is 24. The molecule has 0 amide bonds. The molecule has 62 heavy (non-hydrogen) atoms. The molecule has 0 heterocycles. The average molecular weight is 883 g/mol. The van der Waals surface area contributed by atoms with Gasteiger partial charge in [0.05, 0.1) is 26.4 Å². The maximum Gasteiger partial charge on any atom is 0.420 e. The molecule has 0 atom stereocenters. The van der Waals surface area contributed by atoms with Crippen LogP contribution < -0.4 is 18.9 Å². The molecule has 3 aromatic carbocycles. The molecular weight excluding hydrogens is 840 g/mol. The predicted molar refractivity (Wildman–Crippen MR) is 209 cm³/mol. The predicted octanol–water partition coefficient (Wildman–Crippen LogP) is 10.6. The Balaban J connectivity index is 1.62. The number of esters is 4. The van der Waals surface area contributed by atoms with E-state index in [1.54, 1.807) is 0 Å². The fourth-order valence-corrected chi connectivity index (χ4v) is 5.32. The largest absolute Gasteiger partial charge is 0.493 e. The fourth-order valence-electron chi connectivity index (χ4n) is 5.32. The SMILES string of the molecule is C=CC(=O)OCCCCCCOc1ccc(/C=C/C(=O)Oc2ccc(OC(=O)/C=C/c3ccc(OCCCCCCOC(=O)C=C)cc3F)c(C(F)(F)F)c2C(F)(F)F)c(F)c1. The van der Waals surface area contributed by atoms with E-state index >= 15 is 0 Å². The van der Waals surface area contributed by atoms with Gasteiger partial charge < -0.3 is 28.4 Å². The quantitative estimate of drug-likeness (QED) is 0.0282. The van der Waals surface area contributed by atoms with Crippen LogP contribution in [-0.2, 0) is 41.0 Å². The van der Waals surface area contributed by atoms with Crippen LogP contribution in [0, 0.1) is 11.6 Å². The summed E-state index contributed by atoms with van der Waals surface area (Å²) < 4.78 is 145. The molecule has 334 valence electrons. The summed E-state index contributed by atoms with van der Waals surface area (Å²) in [5.74, 6) is -8.97. The molecule has 3 rings (SSSR count). The number of carbonyl (C=O) groups is 4. The number of halogens is 8. The summed E-state index contributed by atoms with van der Waals surface area (Å²) in [7, 11) is 0. The van der Waals surface area contributed by atoms with Crippen molar-refractivity contribution in [3.05, 3.63) is 120 Å². The third kappa shape index (κ3) is 17.3. The Labute approximate surface area is 351 Å². The van der Waals surface area contributed by atoms with E-state index in [0.717, 1.165) is 62.1 Å². The van der Waals surface area contributed by atoms with E-state index < -0.39 is 70.5 Å². The third-order valence-corrected chi connectivity index (χ3v) is 8.30. The minimum absolute atomic E-state index is 0.127. The summed E-state index contributed by atoms with van der Waals surface area (Å²) in [5, 5.41) is 0. The molecule has 0 aliphatic carbocycles. The van der Waals surface area contributed by atoms with Gasteiger partial charge in [0.1, 0.15) is 45.8 Å². The highest BCUT2D eigenvalue weighted by Crippen LogP contribution is 2.49. The first kappa shape index (κ1) is 49.9. The summed E-state index contributed by atoms with van der Waals surface area (Å²) in [6.45, 7) is 7.51. The lowest BCUT2D eigenvalue weighted by atomic mass is 10.0. The van der Waals surface area contributed by atoms with Crippen LogP contribution in [0.2, 0.25) is 0 Å². The minimum atomic E-state index is -5.81. The first-order chi connectivity index (χ1) is 29.4. The van der Waals surface area contributed by atoms with Crippen LogP contribution in [0.15, 0.2) is 86.0 Å². The highest BCUT2D eigenvalue weighted by Gasteiger charge is 2.48. The van der Waals surface area contributed by atoms with Gasteiger partial charge in [-0.2, -0.15) is 26.3 Å². The van der Waals surface area contributed by atoms with E-state index in [0.29, 0.717) is 50.0 Å². The Bertz CT molecular complexity index is 1940. The van der Waals surface area contributed by atoms with Gasteiger partial charge >= 0.3 is 36.2 Å². The molecule has 0 aliphatic heterocycles. The number of unbranched alkanes of at least 4 members (excludes halogenated alkanes) is 6. The lowest BCUT2D eigenvalue weighted by molar-refractivity contribution is -0.164. The van der Waals surface area contributed by atoms with Gasteiger partial charge in [-0.25, -0.2) is 28.0 Å². The number of ether oxygens (including phenoxy) is 6. The van der Waals surface area contributed by atoms with Crippen molar-refractivity contribution in [3.8, 4) is 23.0 Å². The van der Waals surface area contributed by atoms with Crippen LogP contribution in [0.1, 0.15) is 73.6 Å². The fraction of sp³-hybridized carbons (Fsp3) is 0.318. The maximum atomic E-state index is 14.7.